The normalized spacial score (nSPS) is 14.6. The highest BCUT2D eigenvalue weighted by Crippen LogP contribution is 2.17. The van der Waals surface area contributed by atoms with E-state index in [4.69, 9.17) is 0 Å². The molecule has 3 aromatic rings. The highest BCUT2D eigenvalue weighted by Gasteiger charge is 2.25. The third-order valence-electron chi connectivity index (χ3n) is 5.39. The van der Waals surface area contributed by atoms with Gasteiger partial charge in [0.2, 0.25) is 5.82 Å². The average molecular weight is 390 g/mol. The summed E-state index contributed by atoms with van der Waals surface area (Å²) in [5.41, 5.74) is 2.12. The maximum Gasteiger partial charge on any atom is 0.290 e. The SMILES string of the molecule is O=C(NCCc1ccccc1)c1nc(C(=O)N2CCCCCC2)n2ccccc12. The minimum Gasteiger partial charge on any atom is -0.350 e. The number of amides is 2. The summed E-state index contributed by atoms with van der Waals surface area (Å²) in [5, 5.41) is 2.94. The summed E-state index contributed by atoms with van der Waals surface area (Å²) in [6, 6.07) is 15.6. The third-order valence-corrected chi connectivity index (χ3v) is 5.39. The Morgan fingerprint density at radius 3 is 2.41 bits per heavy atom. The first-order valence-corrected chi connectivity index (χ1v) is 10.3. The lowest BCUT2D eigenvalue weighted by Crippen LogP contribution is -2.33. The van der Waals surface area contributed by atoms with Crippen molar-refractivity contribution in [1.82, 2.24) is 19.6 Å². The molecule has 6 heteroatoms. The van der Waals surface area contributed by atoms with Gasteiger partial charge in [-0.05, 0) is 37.0 Å². The minimum absolute atomic E-state index is 0.101. The number of imidazole rings is 1. The number of likely N-dealkylation sites (tertiary alicyclic amines) is 1. The van der Waals surface area contributed by atoms with E-state index in [0.29, 0.717) is 23.6 Å². The standard InChI is InChI=1S/C23H26N4O2/c28-22(24-14-13-18-10-4-3-5-11-18)20-19-12-6-9-17-27(19)21(25-20)23(29)26-15-7-1-2-8-16-26/h3-6,9-12,17H,1-2,7-8,13-16H2,(H,24,28). The number of fused-ring (bicyclic) bond motifs is 1. The lowest BCUT2D eigenvalue weighted by Gasteiger charge is -2.19. The summed E-state index contributed by atoms with van der Waals surface area (Å²) >= 11 is 0. The number of hydrogen-bond donors (Lipinski definition) is 1. The van der Waals surface area contributed by atoms with E-state index in [0.717, 1.165) is 45.2 Å². The van der Waals surface area contributed by atoms with Crippen molar-refractivity contribution >= 4 is 17.3 Å². The van der Waals surface area contributed by atoms with Gasteiger partial charge in [0.15, 0.2) is 5.69 Å². The van der Waals surface area contributed by atoms with E-state index in [9.17, 15) is 9.59 Å². The molecule has 1 N–H and O–H groups in total. The fourth-order valence-corrected chi connectivity index (χ4v) is 3.82. The first-order chi connectivity index (χ1) is 14.2. The first-order valence-electron chi connectivity index (χ1n) is 10.3. The first kappa shape index (κ1) is 19.2. The van der Waals surface area contributed by atoms with E-state index >= 15 is 0 Å². The topological polar surface area (TPSA) is 66.7 Å². The van der Waals surface area contributed by atoms with Crippen LogP contribution in [0.15, 0.2) is 54.7 Å². The van der Waals surface area contributed by atoms with Crippen molar-refractivity contribution in [1.29, 1.82) is 0 Å². The zero-order chi connectivity index (χ0) is 20.1. The monoisotopic (exact) mass is 390 g/mol. The van der Waals surface area contributed by atoms with Crippen molar-refractivity contribution in [2.75, 3.05) is 19.6 Å². The maximum atomic E-state index is 13.1. The van der Waals surface area contributed by atoms with E-state index < -0.39 is 0 Å². The van der Waals surface area contributed by atoms with Gasteiger partial charge in [0.1, 0.15) is 0 Å². The van der Waals surface area contributed by atoms with Crippen LogP contribution in [0.2, 0.25) is 0 Å². The van der Waals surface area contributed by atoms with Crippen LogP contribution in [0, 0.1) is 0 Å². The minimum atomic E-state index is -0.250. The molecule has 0 aliphatic carbocycles. The van der Waals surface area contributed by atoms with Gasteiger partial charge in [0, 0.05) is 25.8 Å². The molecule has 0 saturated carbocycles. The van der Waals surface area contributed by atoms with Gasteiger partial charge < -0.3 is 10.2 Å². The zero-order valence-electron chi connectivity index (χ0n) is 16.5. The molecule has 150 valence electrons. The van der Waals surface area contributed by atoms with Crippen molar-refractivity contribution in [2.45, 2.75) is 32.1 Å². The molecule has 1 fully saturated rings. The van der Waals surface area contributed by atoms with Crippen molar-refractivity contribution in [3.05, 3.63) is 71.8 Å². The Bertz CT molecular complexity index is 989. The summed E-state index contributed by atoms with van der Waals surface area (Å²) in [4.78, 5) is 32.3. The fourth-order valence-electron chi connectivity index (χ4n) is 3.82. The van der Waals surface area contributed by atoms with E-state index in [1.807, 2.05) is 53.4 Å². The third kappa shape index (κ3) is 4.31. The highest BCUT2D eigenvalue weighted by atomic mass is 16.2. The molecule has 0 spiro atoms. The Morgan fingerprint density at radius 1 is 0.931 bits per heavy atom. The van der Waals surface area contributed by atoms with E-state index in [2.05, 4.69) is 10.3 Å². The van der Waals surface area contributed by atoms with Crippen molar-refractivity contribution < 1.29 is 9.59 Å². The molecule has 1 aliphatic rings. The van der Waals surface area contributed by atoms with Gasteiger partial charge in [0.25, 0.3) is 11.8 Å². The number of nitrogens with one attached hydrogen (secondary N) is 1. The number of nitrogens with zero attached hydrogens (tertiary/aromatic N) is 3. The molecule has 1 aromatic carbocycles. The van der Waals surface area contributed by atoms with Crippen LogP contribution < -0.4 is 5.32 Å². The Kier molecular flexibility index (Phi) is 5.89. The van der Waals surface area contributed by atoms with Crippen LogP contribution in [0.25, 0.3) is 5.52 Å². The Hall–Kier alpha value is -3.15. The molecule has 2 amide bonds. The molecule has 29 heavy (non-hydrogen) atoms. The van der Waals surface area contributed by atoms with Crippen LogP contribution in [0.5, 0.6) is 0 Å². The van der Waals surface area contributed by atoms with Gasteiger partial charge in [0.05, 0.1) is 5.52 Å². The van der Waals surface area contributed by atoms with E-state index in [1.54, 1.807) is 10.6 Å². The Balaban J connectivity index is 1.53. The number of benzene rings is 1. The molecule has 6 nitrogen and oxygen atoms in total. The molecule has 2 aromatic heterocycles. The zero-order valence-corrected chi connectivity index (χ0v) is 16.5. The second kappa shape index (κ2) is 8.90. The summed E-state index contributed by atoms with van der Waals surface area (Å²) in [6.45, 7) is 2.02. The smallest absolute Gasteiger partial charge is 0.290 e. The van der Waals surface area contributed by atoms with Gasteiger partial charge in [-0.15, -0.1) is 0 Å². The Labute approximate surface area is 170 Å². The molecule has 0 bridgehead atoms. The van der Waals surface area contributed by atoms with Crippen LogP contribution in [-0.2, 0) is 6.42 Å². The highest BCUT2D eigenvalue weighted by molar-refractivity contribution is 6.02. The number of carbonyl (C=O) groups excluding carboxylic acids is 2. The average Bonchev–Trinajstić information content (AvgIpc) is 2.93. The number of pyridine rings is 1. The van der Waals surface area contributed by atoms with Gasteiger partial charge >= 0.3 is 0 Å². The number of hydrogen-bond acceptors (Lipinski definition) is 3. The van der Waals surface area contributed by atoms with Crippen molar-refractivity contribution in [2.24, 2.45) is 0 Å². The summed E-state index contributed by atoms with van der Waals surface area (Å²) < 4.78 is 1.74. The lowest BCUT2D eigenvalue weighted by atomic mass is 10.1. The van der Waals surface area contributed by atoms with Gasteiger partial charge in [-0.3, -0.25) is 14.0 Å². The van der Waals surface area contributed by atoms with Crippen molar-refractivity contribution in [3.63, 3.8) is 0 Å². The second-order valence-corrected chi connectivity index (χ2v) is 7.44. The van der Waals surface area contributed by atoms with E-state index in [1.165, 1.54) is 5.56 Å². The van der Waals surface area contributed by atoms with Gasteiger partial charge in [-0.1, -0.05) is 49.2 Å². The number of aromatic nitrogens is 2. The van der Waals surface area contributed by atoms with Crippen LogP contribution >= 0.6 is 0 Å². The maximum absolute atomic E-state index is 13.1. The predicted octanol–water partition coefficient (Wildman–Crippen LogP) is 3.32. The molecule has 0 atom stereocenters. The summed E-state index contributed by atoms with van der Waals surface area (Å²) in [5.74, 6) is -0.0355. The van der Waals surface area contributed by atoms with Crippen molar-refractivity contribution in [3.8, 4) is 0 Å². The second-order valence-electron chi connectivity index (χ2n) is 7.44. The molecule has 4 rings (SSSR count). The number of carbonyl (C=O) groups is 2. The quantitative estimate of drug-likeness (QED) is 0.727. The largest absolute Gasteiger partial charge is 0.350 e. The summed E-state index contributed by atoms with van der Waals surface area (Å²) in [7, 11) is 0. The summed E-state index contributed by atoms with van der Waals surface area (Å²) in [6.07, 6.45) is 6.89. The van der Waals surface area contributed by atoms with Crippen LogP contribution in [0.3, 0.4) is 0 Å². The molecule has 0 radical (unpaired) electrons. The predicted molar refractivity (Wildman–Crippen MR) is 112 cm³/mol. The fraction of sp³-hybridized carbons (Fsp3) is 0.348. The molecular formula is C23H26N4O2. The Morgan fingerprint density at radius 2 is 1.66 bits per heavy atom. The van der Waals surface area contributed by atoms with Gasteiger partial charge in [-0.25, -0.2) is 4.98 Å². The van der Waals surface area contributed by atoms with Crippen LogP contribution in [0.4, 0.5) is 0 Å². The molecule has 3 heterocycles. The molecule has 1 aliphatic heterocycles. The molecule has 0 unspecified atom stereocenters. The molecular weight excluding hydrogens is 364 g/mol. The van der Waals surface area contributed by atoms with Crippen LogP contribution in [0.1, 0.15) is 52.4 Å². The van der Waals surface area contributed by atoms with Gasteiger partial charge in [-0.2, -0.15) is 0 Å². The van der Waals surface area contributed by atoms with E-state index in [-0.39, 0.29) is 11.8 Å². The number of rotatable bonds is 5. The molecule has 1 saturated heterocycles. The van der Waals surface area contributed by atoms with Crippen LogP contribution in [-0.4, -0.2) is 45.7 Å². The lowest BCUT2D eigenvalue weighted by molar-refractivity contribution is 0.0748.